The molecule has 4 N–H and O–H groups in total. The summed E-state index contributed by atoms with van der Waals surface area (Å²) >= 11 is -1.29. The van der Waals surface area contributed by atoms with Crippen LogP contribution in [0.25, 0.3) is 22.3 Å². The summed E-state index contributed by atoms with van der Waals surface area (Å²) in [7, 11) is 0. The van der Waals surface area contributed by atoms with Crippen molar-refractivity contribution in [2.45, 2.75) is 38.1 Å². The summed E-state index contributed by atoms with van der Waals surface area (Å²) in [6.45, 7) is 0. The third-order valence-corrected chi connectivity index (χ3v) is 9.16. The van der Waals surface area contributed by atoms with Crippen LogP contribution in [0, 0.1) is 11.6 Å². The van der Waals surface area contributed by atoms with E-state index in [1.165, 1.54) is 30.5 Å². The van der Waals surface area contributed by atoms with E-state index >= 15 is 8.78 Å². The number of ether oxygens (including phenoxy) is 1. The summed E-state index contributed by atoms with van der Waals surface area (Å²) in [6.07, 6.45) is 4.17. The minimum atomic E-state index is -1.29. The number of aromatic amines is 2. The van der Waals surface area contributed by atoms with Crippen molar-refractivity contribution in [2.75, 3.05) is 11.5 Å². The van der Waals surface area contributed by atoms with E-state index in [1.54, 1.807) is 24.4 Å². The van der Waals surface area contributed by atoms with Crippen molar-refractivity contribution < 1.29 is 32.8 Å². The molecule has 3 heterocycles. The van der Waals surface area contributed by atoms with Gasteiger partial charge in [0.1, 0.15) is 28.9 Å². The van der Waals surface area contributed by atoms with Crippen molar-refractivity contribution in [1.29, 1.82) is 0 Å². The molecule has 5 aromatic rings. The standard InChI is InChI=1S/C33H30F2N4O5S/c34-25-8-7-21-16-24(25)33-37-18-28(38-33)31(20-4-1-3-19(15-20)6-9-30(41)42)39-29(40)5-2-13-45(43)14-11-23-22-10-12-36-27(22)17-26(35)32(23)44-21/h1,3-4,7-8,10,12,15-18,31,36H,2,5-6,9,11,13-14H2,(H,37,38)(H,39,40)(H,41,42). The average Bonchev–Trinajstić information content (AvgIpc) is 3.69. The number of aliphatic carboxylic acids is 1. The van der Waals surface area contributed by atoms with Crippen LogP contribution >= 0.6 is 0 Å². The second-order valence-electron chi connectivity index (χ2n) is 10.9. The molecule has 1 amide bonds. The smallest absolute Gasteiger partial charge is 0.303 e. The van der Waals surface area contributed by atoms with Crippen LogP contribution in [0.4, 0.5) is 8.78 Å². The number of benzene rings is 3. The number of halogens is 2. The Morgan fingerprint density at radius 2 is 1.96 bits per heavy atom. The predicted molar refractivity (Wildman–Crippen MR) is 166 cm³/mol. The molecule has 9 nitrogen and oxygen atoms in total. The quantitative estimate of drug-likeness (QED) is 0.181. The van der Waals surface area contributed by atoms with E-state index in [0.29, 0.717) is 35.2 Å². The van der Waals surface area contributed by atoms with Gasteiger partial charge in [0.15, 0.2) is 11.6 Å². The van der Waals surface area contributed by atoms with E-state index in [-0.39, 0.29) is 59.6 Å². The minimum absolute atomic E-state index is 0.0277. The van der Waals surface area contributed by atoms with Gasteiger partial charge in [0.2, 0.25) is 5.91 Å². The average molecular weight is 633 g/mol. The van der Waals surface area contributed by atoms with Gasteiger partial charge in [-0.25, -0.2) is 13.8 Å². The number of aromatic nitrogens is 3. The predicted octanol–water partition coefficient (Wildman–Crippen LogP) is 5.94. The summed E-state index contributed by atoms with van der Waals surface area (Å²) in [5.41, 5.74) is 3.11. The van der Waals surface area contributed by atoms with E-state index in [4.69, 9.17) is 9.84 Å². The van der Waals surface area contributed by atoms with E-state index in [1.807, 2.05) is 12.1 Å². The van der Waals surface area contributed by atoms with Crippen molar-refractivity contribution in [2.24, 2.45) is 0 Å². The Hall–Kier alpha value is -4.68. The highest BCUT2D eigenvalue weighted by Crippen LogP contribution is 2.37. The van der Waals surface area contributed by atoms with Gasteiger partial charge < -0.3 is 29.7 Å². The summed E-state index contributed by atoms with van der Waals surface area (Å²) in [4.78, 5) is 34.8. The fraction of sp³-hybridized carbons (Fsp3) is 0.242. The van der Waals surface area contributed by atoms with Crippen LogP contribution in [0.15, 0.2) is 67.0 Å². The summed E-state index contributed by atoms with van der Waals surface area (Å²) < 4.78 is 49.6. The van der Waals surface area contributed by atoms with Crippen molar-refractivity contribution in [3.05, 3.63) is 101 Å². The Bertz CT molecular complexity index is 1870. The maximum atomic E-state index is 15.4. The van der Waals surface area contributed by atoms with E-state index in [9.17, 15) is 14.1 Å². The fourth-order valence-corrected chi connectivity index (χ4v) is 6.64. The molecule has 3 aromatic carbocycles. The van der Waals surface area contributed by atoms with E-state index < -0.39 is 34.8 Å². The molecule has 1 aliphatic heterocycles. The third-order valence-electron chi connectivity index (χ3n) is 7.76. The number of nitrogens with one attached hydrogen (secondary N) is 3. The number of hydrogen-bond donors (Lipinski definition) is 4. The van der Waals surface area contributed by atoms with Crippen LogP contribution in [0.1, 0.15) is 47.7 Å². The molecule has 0 radical (unpaired) electrons. The number of nitrogens with zero attached hydrogens (tertiary/aromatic N) is 1. The number of aryl methyl sites for hydroxylation is 2. The number of carboxylic acid groups (broad SMARTS) is 1. The highest BCUT2D eigenvalue weighted by molar-refractivity contribution is 7.91. The SMILES string of the molecule is O=C(O)CCc1cccc(C2NC(=O)CCC[S+]([O-])CCc3c(c(F)cc4[nH]ccc34)Oc3ccc(F)c(c3)-c3ncc2[nH]3)c1. The van der Waals surface area contributed by atoms with Crippen molar-refractivity contribution in [1.82, 2.24) is 20.3 Å². The molecule has 0 spiro atoms. The lowest BCUT2D eigenvalue weighted by molar-refractivity contribution is -0.137. The lowest BCUT2D eigenvalue weighted by Crippen LogP contribution is -2.30. The topological polar surface area (TPSA) is 143 Å². The third kappa shape index (κ3) is 6.86. The molecule has 0 aliphatic carbocycles. The van der Waals surface area contributed by atoms with Gasteiger partial charge in [-0.2, -0.15) is 0 Å². The zero-order chi connectivity index (χ0) is 31.5. The van der Waals surface area contributed by atoms with Gasteiger partial charge >= 0.3 is 5.97 Å². The molecule has 6 rings (SSSR count). The molecule has 2 atom stereocenters. The van der Waals surface area contributed by atoms with Crippen LogP contribution in [-0.2, 0) is 33.6 Å². The zero-order valence-corrected chi connectivity index (χ0v) is 24.9. The van der Waals surface area contributed by atoms with Gasteiger partial charge in [-0.1, -0.05) is 35.4 Å². The minimum Gasteiger partial charge on any atom is -0.616 e. The van der Waals surface area contributed by atoms with Crippen LogP contribution in [-0.4, -0.2) is 48.0 Å². The number of carbonyl (C=O) groups excluding carboxylic acids is 1. The normalized spacial score (nSPS) is 17.5. The molecule has 232 valence electrons. The number of rotatable bonds is 4. The van der Waals surface area contributed by atoms with Gasteiger partial charge in [0, 0.05) is 54.4 Å². The Kier molecular flexibility index (Phi) is 8.85. The maximum absolute atomic E-state index is 15.4. The van der Waals surface area contributed by atoms with Gasteiger partial charge in [0.25, 0.3) is 0 Å². The molecule has 2 unspecified atom stereocenters. The van der Waals surface area contributed by atoms with Crippen LogP contribution in [0.3, 0.4) is 0 Å². The Morgan fingerprint density at radius 3 is 2.80 bits per heavy atom. The second kappa shape index (κ2) is 13.1. The van der Waals surface area contributed by atoms with Crippen LogP contribution < -0.4 is 10.1 Å². The molecule has 4 bridgehead atoms. The number of carboxylic acids is 1. The molecule has 12 heteroatoms. The molecule has 0 saturated heterocycles. The van der Waals surface area contributed by atoms with Crippen LogP contribution in [0.2, 0.25) is 0 Å². The lowest BCUT2D eigenvalue weighted by Gasteiger charge is -2.19. The Balaban J connectivity index is 1.41. The highest BCUT2D eigenvalue weighted by atomic mass is 32.2. The first-order valence-corrected chi connectivity index (χ1v) is 16.0. The summed E-state index contributed by atoms with van der Waals surface area (Å²) in [5, 5.41) is 12.9. The Labute approximate surface area is 260 Å². The van der Waals surface area contributed by atoms with Crippen molar-refractivity contribution in [3.8, 4) is 22.9 Å². The number of carbonyl (C=O) groups is 2. The van der Waals surface area contributed by atoms with Gasteiger partial charge in [0.05, 0.1) is 23.5 Å². The number of imidazole rings is 1. The largest absolute Gasteiger partial charge is 0.616 e. The van der Waals surface area contributed by atoms with E-state index in [0.717, 1.165) is 10.9 Å². The van der Waals surface area contributed by atoms with Crippen LogP contribution in [0.5, 0.6) is 11.5 Å². The molecule has 2 aromatic heterocycles. The monoisotopic (exact) mass is 632 g/mol. The molecular formula is C33H30F2N4O5S. The molecule has 0 fully saturated rings. The van der Waals surface area contributed by atoms with Crippen molar-refractivity contribution >= 4 is 34.0 Å². The molecular weight excluding hydrogens is 602 g/mol. The first-order valence-electron chi connectivity index (χ1n) is 14.5. The highest BCUT2D eigenvalue weighted by Gasteiger charge is 2.24. The van der Waals surface area contributed by atoms with Gasteiger partial charge in [-0.3, -0.25) is 9.59 Å². The van der Waals surface area contributed by atoms with Crippen molar-refractivity contribution in [3.63, 3.8) is 0 Å². The molecule has 0 saturated carbocycles. The number of fused-ring (bicyclic) bond motifs is 8. The first-order chi connectivity index (χ1) is 21.7. The zero-order valence-electron chi connectivity index (χ0n) is 24.1. The van der Waals surface area contributed by atoms with Gasteiger partial charge in [-0.05, 0) is 41.8 Å². The maximum Gasteiger partial charge on any atom is 0.303 e. The molecule has 1 aliphatic rings. The Morgan fingerprint density at radius 1 is 1.09 bits per heavy atom. The van der Waals surface area contributed by atoms with Gasteiger partial charge in [-0.15, -0.1) is 0 Å². The lowest BCUT2D eigenvalue weighted by atomic mass is 9.99. The number of H-pyrrole nitrogens is 2. The first kappa shape index (κ1) is 30.4. The second-order valence-corrected chi connectivity index (χ2v) is 12.6. The fourth-order valence-electron chi connectivity index (χ4n) is 5.53. The number of hydrogen-bond acceptors (Lipinski definition) is 5. The van der Waals surface area contributed by atoms with E-state index in [2.05, 4.69) is 20.3 Å². The molecule has 45 heavy (non-hydrogen) atoms. The summed E-state index contributed by atoms with van der Waals surface area (Å²) in [5.74, 6) is -1.57. The number of amides is 1. The summed E-state index contributed by atoms with van der Waals surface area (Å²) in [6, 6.07) is 13.7.